The number of halogens is 3. The van der Waals surface area contributed by atoms with Crippen LogP contribution in [-0.4, -0.2) is 14.2 Å². The molecular formula is C15H14Br2ClNO2. The third-order valence-electron chi connectivity index (χ3n) is 3.08. The van der Waals surface area contributed by atoms with Gasteiger partial charge in [-0.25, -0.2) is 0 Å². The van der Waals surface area contributed by atoms with E-state index in [1.54, 1.807) is 26.4 Å². The molecule has 6 heteroatoms. The normalized spacial score (nSPS) is 12.1. The summed E-state index contributed by atoms with van der Waals surface area (Å²) >= 11 is 13.2. The molecule has 2 N–H and O–H groups in total. The van der Waals surface area contributed by atoms with E-state index in [0.29, 0.717) is 16.5 Å². The summed E-state index contributed by atoms with van der Waals surface area (Å²) in [4.78, 5) is 0. The molecule has 0 radical (unpaired) electrons. The summed E-state index contributed by atoms with van der Waals surface area (Å²) in [7, 11) is 3.15. The highest BCUT2D eigenvalue weighted by Gasteiger charge is 2.17. The molecule has 0 saturated carbocycles. The average Bonchev–Trinajstić information content (AvgIpc) is 2.45. The number of ether oxygens (including phenoxy) is 2. The number of hydrogen-bond acceptors (Lipinski definition) is 3. The first-order chi connectivity index (χ1) is 9.96. The second-order valence-electron chi connectivity index (χ2n) is 4.41. The minimum absolute atomic E-state index is 0.369. The van der Waals surface area contributed by atoms with E-state index in [9.17, 15) is 0 Å². The van der Waals surface area contributed by atoms with Crippen molar-refractivity contribution >= 4 is 43.5 Å². The zero-order valence-corrected chi connectivity index (χ0v) is 15.4. The SMILES string of the molecule is COc1cc(Cl)c(C(N)c2cc(Br)cc(Br)c2)cc1OC. The fraction of sp³-hybridized carbons (Fsp3) is 0.200. The fourth-order valence-corrected chi connectivity index (χ4v) is 3.64. The van der Waals surface area contributed by atoms with Crippen LogP contribution in [0.4, 0.5) is 0 Å². The number of hydrogen-bond donors (Lipinski definition) is 1. The van der Waals surface area contributed by atoms with Gasteiger partial charge in [0.2, 0.25) is 0 Å². The summed E-state index contributed by atoms with van der Waals surface area (Å²) in [6.45, 7) is 0. The molecule has 0 bridgehead atoms. The van der Waals surface area contributed by atoms with Crippen molar-refractivity contribution in [1.82, 2.24) is 0 Å². The van der Waals surface area contributed by atoms with Gasteiger partial charge in [0.15, 0.2) is 11.5 Å². The van der Waals surface area contributed by atoms with Crippen LogP contribution in [0.2, 0.25) is 5.02 Å². The van der Waals surface area contributed by atoms with Gasteiger partial charge in [-0.1, -0.05) is 43.5 Å². The van der Waals surface area contributed by atoms with Gasteiger partial charge < -0.3 is 15.2 Å². The zero-order chi connectivity index (χ0) is 15.6. The lowest BCUT2D eigenvalue weighted by atomic mass is 9.99. The summed E-state index contributed by atoms with van der Waals surface area (Å²) in [5.74, 6) is 1.18. The molecule has 0 fully saturated rings. The van der Waals surface area contributed by atoms with Crippen molar-refractivity contribution < 1.29 is 9.47 Å². The Morgan fingerprint density at radius 3 is 2.00 bits per heavy atom. The van der Waals surface area contributed by atoms with Gasteiger partial charge in [-0.05, 0) is 35.4 Å². The molecule has 0 heterocycles. The van der Waals surface area contributed by atoms with E-state index >= 15 is 0 Å². The van der Waals surface area contributed by atoms with Gasteiger partial charge in [-0.15, -0.1) is 0 Å². The molecule has 1 unspecified atom stereocenters. The maximum Gasteiger partial charge on any atom is 0.162 e. The lowest BCUT2D eigenvalue weighted by molar-refractivity contribution is 0.354. The second-order valence-corrected chi connectivity index (χ2v) is 6.65. The first-order valence-electron chi connectivity index (χ1n) is 6.09. The maximum atomic E-state index is 6.35. The van der Waals surface area contributed by atoms with Crippen molar-refractivity contribution in [2.75, 3.05) is 14.2 Å². The van der Waals surface area contributed by atoms with Crippen molar-refractivity contribution in [3.8, 4) is 11.5 Å². The van der Waals surface area contributed by atoms with E-state index in [-0.39, 0.29) is 6.04 Å². The molecule has 0 aliphatic rings. The highest BCUT2D eigenvalue weighted by molar-refractivity contribution is 9.11. The lowest BCUT2D eigenvalue weighted by Crippen LogP contribution is -2.13. The third-order valence-corrected chi connectivity index (χ3v) is 4.32. The van der Waals surface area contributed by atoms with E-state index in [0.717, 1.165) is 20.1 Å². The van der Waals surface area contributed by atoms with Crippen LogP contribution >= 0.6 is 43.5 Å². The Kier molecular flexibility index (Phi) is 5.54. The minimum Gasteiger partial charge on any atom is -0.493 e. The number of methoxy groups -OCH3 is 2. The Hall–Kier alpha value is -0.750. The molecule has 0 spiro atoms. The van der Waals surface area contributed by atoms with E-state index in [2.05, 4.69) is 31.9 Å². The predicted molar refractivity (Wildman–Crippen MR) is 92.4 cm³/mol. The van der Waals surface area contributed by atoms with E-state index in [1.165, 1.54) is 0 Å². The molecular weight excluding hydrogens is 421 g/mol. The average molecular weight is 436 g/mol. The van der Waals surface area contributed by atoms with Gasteiger partial charge in [0, 0.05) is 20.0 Å². The second kappa shape index (κ2) is 7.01. The Labute approximate surface area is 145 Å². The Morgan fingerprint density at radius 2 is 1.48 bits per heavy atom. The first kappa shape index (κ1) is 16.6. The van der Waals surface area contributed by atoms with E-state index in [4.69, 9.17) is 26.8 Å². The van der Waals surface area contributed by atoms with Crippen LogP contribution < -0.4 is 15.2 Å². The molecule has 112 valence electrons. The van der Waals surface area contributed by atoms with Crippen LogP contribution in [0.1, 0.15) is 17.2 Å². The van der Waals surface area contributed by atoms with Crippen molar-refractivity contribution in [1.29, 1.82) is 0 Å². The zero-order valence-electron chi connectivity index (χ0n) is 11.5. The van der Waals surface area contributed by atoms with Crippen LogP contribution in [-0.2, 0) is 0 Å². The van der Waals surface area contributed by atoms with Gasteiger partial charge in [-0.2, -0.15) is 0 Å². The van der Waals surface area contributed by atoms with Crippen LogP contribution in [0.5, 0.6) is 11.5 Å². The quantitative estimate of drug-likeness (QED) is 0.741. The molecule has 3 nitrogen and oxygen atoms in total. The summed E-state index contributed by atoms with van der Waals surface area (Å²) < 4.78 is 12.4. The monoisotopic (exact) mass is 433 g/mol. The molecule has 2 rings (SSSR count). The molecule has 0 aliphatic carbocycles. The van der Waals surface area contributed by atoms with Crippen molar-refractivity contribution in [3.05, 3.63) is 55.4 Å². The molecule has 1 atom stereocenters. The third kappa shape index (κ3) is 3.72. The molecule has 2 aromatic carbocycles. The number of nitrogens with two attached hydrogens (primary N) is 1. The number of rotatable bonds is 4. The summed E-state index contributed by atoms with van der Waals surface area (Å²) in [5, 5.41) is 0.538. The Bertz CT molecular complexity index is 644. The summed E-state index contributed by atoms with van der Waals surface area (Å²) in [5.41, 5.74) is 8.06. The standard InChI is InChI=1S/C15H14Br2ClNO2/c1-20-13-6-11(12(18)7-14(13)21-2)15(19)8-3-9(16)5-10(17)4-8/h3-7,15H,19H2,1-2H3. The Balaban J connectivity index is 2.49. The molecule has 0 aliphatic heterocycles. The smallest absolute Gasteiger partial charge is 0.162 e. The summed E-state index contributed by atoms with van der Waals surface area (Å²) in [6, 6.07) is 9.02. The molecule has 0 amide bonds. The highest BCUT2D eigenvalue weighted by atomic mass is 79.9. The van der Waals surface area contributed by atoms with Crippen LogP contribution in [0.25, 0.3) is 0 Å². The minimum atomic E-state index is -0.369. The van der Waals surface area contributed by atoms with Crippen molar-refractivity contribution in [2.45, 2.75) is 6.04 Å². The fourth-order valence-electron chi connectivity index (χ4n) is 2.04. The number of benzene rings is 2. The molecule has 2 aromatic rings. The van der Waals surface area contributed by atoms with Crippen LogP contribution in [0.3, 0.4) is 0 Å². The lowest BCUT2D eigenvalue weighted by Gasteiger charge is -2.18. The summed E-state index contributed by atoms with van der Waals surface area (Å²) in [6.07, 6.45) is 0. The van der Waals surface area contributed by atoms with Crippen LogP contribution in [0.15, 0.2) is 39.3 Å². The van der Waals surface area contributed by atoms with Crippen LogP contribution in [0, 0.1) is 0 Å². The van der Waals surface area contributed by atoms with Gasteiger partial charge in [0.25, 0.3) is 0 Å². The Morgan fingerprint density at radius 1 is 0.952 bits per heavy atom. The topological polar surface area (TPSA) is 44.5 Å². The van der Waals surface area contributed by atoms with E-state index < -0.39 is 0 Å². The van der Waals surface area contributed by atoms with Gasteiger partial charge in [0.1, 0.15) is 0 Å². The molecule has 21 heavy (non-hydrogen) atoms. The van der Waals surface area contributed by atoms with Gasteiger partial charge in [-0.3, -0.25) is 0 Å². The largest absolute Gasteiger partial charge is 0.493 e. The highest BCUT2D eigenvalue weighted by Crippen LogP contribution is 2.37. The molecule has 0 saturated heterocycles. The first-order valence-corrected chi connectivity index (χ1v) is 8.05. The maximum absolute atomic E-state index is 6.35. The van der Waals surface area contributed by atoms with Crippen molar-refractivity contribution in [3.63, 3.8) is 0 Å². The predicted octanol–water partition coefficient (Wildman–Crippen LogP) is 4.93. The van der Waals surface area contributed by atoms with E-state index in [1.807, 2.05) is 18.2 Å². The van der Waals surface area contributed by atoms with Gasteiger partial charge in [0.05, 0.1) is 20.3 Å². The van der Waals surface area contributed by atoms with Crippen molar-refractivity contribution in [2.24, 2.45) is 5.73 Å². The van der Waals surface area contributed by atoms with Gasteiger partial charge >= 0.3 is 0 Å². The molecule has 0 aromatic heterocycles.